The normalized spacial score (nSPS) is 23.3. The van der Waals surface area contributed by atoms with E-state index in [1.165, 1.54) is 4.90 Å². The fraction of sp³-hybridized carbons (Fsp3) is 0.615. The van der Waals surface area contributed by atoms with Crippen LogP contribution in [0.25, 0.3) is 0 Å². The number of hydrogen-bond donors (Lipinski definition) is 1. The van der Waals surface area contributed by atoms with Crippen LogP contribution in [-0.2, 0) is 0 Å². The molecule has 0 radical (unpaired) electrons. The zero-order chi connectivity index (χ0) is 14.0. The summed E-state index contributed by atoms with van der Waals surface area (Å²) in [6.07, 6.45) is 1.04. The fourth-order valence-corrected chi connectivity index (χ4v) is 2.42. The number of nitrogens with two attached hydrogens (primary N) is 1. The molecule has 1 aliphatic rings. The van der Waals surface area contributed by atoms with Gasteiger partial charge in [0.15, 0.2) is 11.5 Å². The number of amides is 1. The Bertz CT molecular complexity index is 435. The average molecular weight is 263 g/mol. The molecule has 2 rings (SSSR count). The maximum absolute atomic E-state index is 11.7. The van der Waals surface area contributed by atoms with E-state index in [-0.39, 0.29) is 11.9 Å². The number of anilines is 1. The minimum atomic E-state index is -0.136. The summed E-state index contributed by atoms with van der Waals surface area (Å²) in [5, 5.41) is 8.15. The van der Waals surface area contributed by atoms with Crippen molar-refractivity contribution in [3.05, 3.63) is 17.8 Å². The Balaban J connectivity index is 2.12. The van der Waals surface area contributed by atoms with Crippen LogP contribution in [0.5, 0.6) is 0 Å². The van der Waals surface area contributed by atoms with Crippen molar-refractivity contribution in [3.63, 3.8) is 0 Å². The van der Waals surface area contributed by atoms with E-state index in [1.54, 1.807) is 20.2 Å². The van der Waals surface area contributed by atoms with E-state index < -0.39 is 0 Å². The summed E-state index contributed by atoms with van der Waals surface area (Å²) in [7, 11) is 3.40. The molecule has 2 heterocycles. The fourth-order valence-electron chi connectivity index (χ4n) is 2.42. The Morgan fingerprint density at radius 3 is 2.63 bits per heavy atom. The second-order valence-electron chi connectivity index (χ2n) is 5.48. The van der Waals surface area contributed by atoms with Gasteiger partial charge in [0.05, 0.1) is 0 Å². The summed E-state index contributed by atoms with van der Waals surface area (Å²) in [6, 6.07) is 3.73. The van der Waals surface area contributed by atoms with Gasteiger partial charge in [0.25, 0.3) is 5.91 Å². The molecule has 1 amide bonds. The first kappa shape index (κ1) is 13.7. The first-order valence-corrected chi connectivity index (χ1v) is 6.53. The SMILES string of the molecule is CC1CC(N)CN(c2ccc(C(=O)N(C)C)nn2)C1. The maximum Gasteiger partial charge on any atom is 0.273 e. The number of hydrogen-bond acceptors (Lipinski definition) is 5. The minimum absolute atomic E-state index is 0.136. The van der Waals surface area contributed by atoms with Crippen molar-refractivity contribution in [1.82, 2.24) is 15.1 Å². The van der Waals surface area contributed by atoms with E-state index in [9.17, 15) is 4.79 Å². The number of aromatic nitrogens is 2. The monoisotopic (exact) mass is 263 g/mol. The summed E-state index contributed by atoms with van der Waals surface area (Å²) in [5.74, 6) is 1.20. The lowest BCUT2D eigenvalue weighted by atomic mass is 9.97. The quantitative estimate of drug-likeness (QED) is 0.833. The molecule has 6 nitrogen and oxygen atoms in total. The topological polar surface area (TPSA) is 75.3 Å². The van der Waals surface area contributed by atoms with Gasteiger partial charge in [0.1, 0.15) is 0 Å². The molecule has 19 heavy (non-hydrogen) atoms. The average Bonchev–Trinajstić information content (AvgIpc) is 2.37. The Morgan fingerprint density at radius 1 is 1.37 bits per heavy atom. The molecule has 0 aromatic carbocycles. The summed E-state index contributed by atoms with van der Waals surface area (Å²) in [5.41, 5.74) is 6.38. The number of rotatable bonds is 2. The van der Waals surface area contributed by atoms with Crippen molar-refractivity contribution in [3.8, 4) is 0 Å². The number of carbonyl (C=O) groups is 1. The molecule has 104 valence electrons. The molecule has 0 saturated carbocycles. The summed E-state index contributed by atoms with van der Waals surface area (Å²) in [6.45, 7) is 3.91. The van der Waals surface area contributed by atoms with Gasteiger partial charge in [0.2, 0.25) is 0 Å². The van der Waals surface area contributed by atoms with Crippen LogP contribution in [0.4, 0.5) is 5.82 Å². The molecular formula is C13H21N5O. The predicted octanol–water partition coefficient (Wildman–Crippen LogP) is 0.352. The van der Waals surface area contributed by atoms with E-state index in [0.29, 0.717) is 11.6 Å². The summed E-state index contributed by atoms with van der Waals surface area (Å²) >= 11 is 0. The second kappa shape index (κ2) is 5.52. The highest BCUT2D eigenvalue weighted by molar-refractivity contribution is 5.91. The third-order valence-electron chi connectivity index (χ3n) is 3.29. The van der Waals surface area contributed by atoms with Crippen molar-refractivity contribution in [2.75, 3.05) is 32.1 Å². The van der Waals surface area contributed by atoms with E-state index in [1.807, 2.05) is 6.07 Å². The highest BCUT2D eigenvalue weighted by Gasteiger charge is 2.23. The Morgan fingerprint density at radius 2 is 2.11 bits per heavy atom. The van der Waals surface area contributed by atoms with E-state index in [4.69, 9.17) is 5.73 Å². The van der Waals surface area contributed by atoms with E-state index in [0.717, 1.165) is 25.3 Å². The van der Waals surface area contributed by atoms with Gasteiger partial charge < -0.3 is 15.5 Å². The zero-order valence-corrected chi connectivity index (χ0v) is 11.7. The third-order valence-corrected chi connectivity index (χ3v) is 3.29. The molecule has 1 aromatic heterocycles. The van der Waals surface area contributed by atoms with Crippen LogP contribution in [0.15, 0.2) is 12.1 Å². The van der Waals surface area contributed by atoms with Gasteiger partial charge in [-0.2, -0.15) is 0 Å². The van der Waals surface area contributed by atoms with Crippen molar-refractivity contribution in [1.29, 1.82) is 0 Å². The van der Waals surface area contributed by atoms with Crippen LogP contribution in [0.1, 0.15) is 23.8 Å². The molecule has 1 aromatic rings. The molecular weight excluding hydrogens is 242 g/mol. The van der Waals surface area contributed by atoms with Crippen LogP contribution in [0, 0.1) is 5.92 Å². The predicted molar refractivity (Wildman–Crippen MR) is 74.0 cm³/mol. The van der Waals surface area contributed by atoms with Crippen LogP contribution in [-0.4, -0.2) is 54.2 Å². The number of piperidine rings is 1. The van der Waals surface area contributed by atoms with Gasteiger partial charge in [-0.25, -0.2) is 0 Å². The molecule has 6 heteroatoms. The van der Waals surface area contributed by atoms with Gasteiger partial charge in [-0.15, -0.1) is 10.2 Å². The largest absolute Gasteiger partial charge is 0.353 e. The van der Waals surface area contributed by atoms with Crippen LogP contribution in [0.2, 0.25) is 0 Å². The van der Waals surface area contributed by atoms with E-state index in [2.05, 4.69) is 22.0 Å². The third kappa shape index (κ3) is 3.20. The van der Waals surface area contributed by atoms with Crippen LogP contribution >= 0.6 is 0 Å². The molecule has 1 aliphatic heterocycles. The first-order chi connectivity index (χ1) is 8.97. The first-order valence-electron chi connectivity index (χ1n) is 6.53. The minimum Gasteiger partial charge on any atom is -0.353 e. The molecule has 1 saturated heterocycles. The van der Waals surface area contributed by atoms with Gasteiger partial charge in [-0.05, 0) is 24.5 Å². The highest BCUT2D eigenvalue weighted by Crippen LogP contribution is 2.20. The van der Waals surface area contributed by atoms with Gasteiger partial charge in [-0.1, -0.05) is 6.92 Å². The van der Waals surface area contributed by atoms with Gasteiger partial charge in [-0.3, -0.25) is 4.79 Å². The molecule has 0 bridgehead atoms. The molecule has 2 unspecified atom stereocenters. The lowest BCUT2D eigenvalue weighted by Crippen LogP contribution is -2.46. The van der Waals surface area contributed by atoms with Crippen LogP contribution < -0.4 is 10.6 Å². The highest BCUT2D eigenvalue weighted by atomic mass is 16.2. The number of nitrogens with zero attached hydrogens (tertiary/aromatic N) is 4. The molecule has 0 spiro atoms. The summed E-state index contributed by atoms with van der Waals surface area (Å²) in [4.78, 5) is 15.3. The molecule has 0 aliphatic carbocycles. The zero-order valence-electron chi connectivity index (χ0n) is 11.7. The maximum atomic E-state index is 11.7. The molecule has 1 fully saturated rings. The standard InChI is InChI=1S/C13H21N5O/c1-9-6-10(14)8-18(7-9)12-5-4-11(15-16-12)13(19)17(2)3/h4-5,9-10H,6-8,14H2,1-3H3. The van der Waals surface area contributed by atoms with Crippen molar-refractivity contribution in [2.45, 2.75) is 19.4 Å². The van der Waals surface area contributed by atoms with Crippen molar-refractivity contribution in [2.24, 2.45) is 11.7 Å². The van der Waals surface area contributed by atoms with Gasteiger partial charge >= 0.3 is 0 Å². The summed E-state index contributed by atoms with van der Waals surface area (Å²) < 4.78 is 0. The molecule has 2 N–H and O–H groups in total. The Kier molecular flexibility index (Phi) is 3.99. The Labute approximate surface area is 113 Å². The molecule has 2 atom stereocenters. The lowest BCUT2D eigenvalue weighted by Gasteiger charge is -2.35. The Hall–Kier alpha value is -1.69. The van der Waals surface area contributed by atoms with Crippen molar-refractivity contribution >= 4 is 11.7 Å². The second-order valence-corrected chi connectivity index (χ2v) is 5.48. The smallest absolute Gasteiger partial charge is 0.273 e. The van der Waals surface area contributed by atoms with Crippen LogP contribution in [0.3, 0.4) is 0 Å². The lowest BCUT2D eigenvalue weighted by molar-refractivity contribution is 0.0821. The van der Waals surface area contributed by atoms with E-state index >= 15 is 0 Å². The van der Waals surface area contributed by atoms with Gasteiger partial charge in [0, 0.05) is 33.2 Å². The van der Waals surface area contributed by atoms with Crippen molar-refractivity contribution < 1.29 is 4.79 Å². The number of carbonyl (C=O) groups excluding carboxylic acids is 1.